The number of hydrogen-bond acceptors (Lipinski definition) is 5. The summed E-state index contributed by atoms with van der Waals surface area (Å²) in [7, 11) is 0. The summed E-state index contributed by atoms with van der Waals surface area (Å²) < 4.78 is 1.95. The molecule has 1 saturated heterocycles. The van der Waals surface area contributed by atoms with Crippen molar-refractivity contribution in [3.63, 3.8) is 0 Å². The van der Waals surface area contributed by atoms with Gasteiger partial charge in [-0.25, -0.2) is 4.98 Å². The average molecular weight is 376 g/mol. The van der Waals surface area contributed by atoms with Gasteiger partial charge in [0.15, 0.2) is 5.82 Å². The number of aromatic nitrogens is 4. The van der Waals surface area contributed by atoms with E-state index in [4.69, 9.17) is 0 Å². The van der Waals surface area contributed by atoms with Crippen LogP contribution in [0.2, 0.25) is 0 Å². The van der Waals surface area contributed by atoms with E-state index in [9.17, 15) is 4.79 Å². The average Bonchev–Trinajstić information content (AvgIpc) is 3.14. The minimum Gasteiger partial charge on any atom is -0.353 e. The molecule has 3 aromatic rings. The van der Waals surface area contributed by atoms with Gasteiger partial charge in [-0.05, 0) is 37.3 Å². The number of benzene rings is 1. The maximum atomic E-state index is 13.3. The lowest BCUT2D eigenvalue weighted by molar-refractivity contribution is -0.136. The van der Waals surface area contributed by atoms with Gasteiger partial charge in [0.2, 0.25) is 11.6 Å². The fourth-order valence-corrected chi connectivity index (χ4v) is 4.46. The van der Waals surface area contributed by atoms with E-state index in [1.54, 1.807) is 6.20 Å². The predicted molar refractivity (Wildman–Crippen MR) is 106 cm³/mol. The third-order valence-electron chi connectivity index (χ3n) is 5.99. The maximum absolute atomic E-state index is 13.3. The maximum Gasteiger partial charge on any atom is 0.227 e. The van der Waals surface area contributed by atoms with E-state index >= 15 is 0 Å². The van der Waals surface area contributed by atoms with E-state index in [1.807, 2.05) is 22.4 Å². The molecular weight excluding hydrogens is 352 g/mol. The monoisotopic (exact) mass is 376 g/mol. The van der Waals surface area contributed by atoms with E-state index in [-0.39, 0.29) is 11.8 Å². The Morgan fingerprint density at radius 2 is 2.00 bits per heavy atom. The van der Waals surface area contributed by atoms with Gasteiger partial charge in [0.1, 0.15) is 5.82 Å². The standard InChI is InChI=1S/C21H24N6O/c1-15-23-24-20-19(22-9-12-27(15)20)25-10-4-7-18(14-25)21(28)26-11-8-16-5-2-3-6-17(16)13-26/h2-3,5-6,9,12,18H,4,7-8,10-11,13-14H2,1H3. The van der Waals surface area contributed by atoms with Crippen LogP contribution in [0.25, 0.3) is 5.65 Å². The molecule has 4 heterocycles. The number of piperidine rings is 1. The Bertz CT molecular complexity index is 1030. The molecule has 1 fully saturated rings. The van der Waals surface area contributed by atoms with Crippen LogP contribution in [0.1, 0.15) is 29.8 Å². The number of amides is 1. The van der Waals surface area contributed by atoms with E-state index in [2.05, 4.69) is 44.3 Å². The van der Waals surface area contributed by atoms with Gasteiger partial charge < -0.3 is 9.80 Å². The molecular formula is C21H24N6O. The van der Waals surface area contributed by atoms with Gasteiger partial charge in [-0.1, -0.05) is 24.3 Å². The van der Waals surface area contributed by atoms with Gasteiger partial charge >= 0.3 is 0 Å². The number of fused-ring (bicyclic) bond motifs is 2. The lowest BCUT2D eigenvalue weighted by Gasteiger charge is -2.37. The van der Waals surface area contributed by atoms with E-state index in [0.717, 1.165) is 56.2 Å². The Morgan fingerprint density at radius 3 is 2.89 bits per heavy atom. The molecule has 2 aliphatic heterocycles. The zero-order valence-corrected chi connectivity index (χ0v) is 16.1. The van der Waals surface area contributed by atoms with Crippen molar-refractivity contribution in [3.05, 3.63) is 53.6 Å². The fraction of sp³-hybridized carbons (Fsp3) is 0.429. The van der Waals surface area contributed by atoms with Crippen molar-refractivity contribution in [2.75, 3.05) is 24.5 Å². The number of aryl methyl sites for hydroxylation is 1. The summed E-state index contributed by atoms with van der Waals surface area (Å²) in [5, 5.41) is 8.46. The first-order valence-electron chi connectivity index (χ1n) is 9.97. The van der Waals surface area contributed by atoms with Crippen LogP contribution in [0.4, 0.5) is 5.82 Å². The Balaban J connectivity index is 1.35. The van der Waals surface area contributed by atoms with Crippen molar-refractivity contribution >= 4 is 17.4 Å². The van der Waals surface area contributed by atoms with Gasteiger partial charge in [-0.3, -0.25) is 9.20 Å². The molecule has 0 saturated carbocycles. The van der Waals surface area contributed by atoms with Crippen LogP contribution >= 0.6 is 0 Å². The number of carbonyl (C=O) groups excluding carboxylic acids is 1. The summed E-state index contributed by atoms with van der Waals surface area (Å²) in [4.78, 5) is 22.0. The van der Waals surface area contributed by atoms with Gasteiger partial charge in [0.25, 0.3) is 0 Å². The van der Waals surface area contributed by atoms with Crippen LogP contribution in [0.15, 0.2) is 36.7 Å². The quantitative estimate of drug-likeness (QED) is 0.686. The second-order valence-electron chi connectivity index (χ2n) is 7.76. The first kappa shape index (κ1) is 17.2. The molecule has 0 aliphatic carbocycles. The third kappa shape index (κ3) is 2.91. The minimum absolute atomic E-state index is 0.00471. The second kappa shape index (κ2) is 6.89. The van der Waals surface area contributed by atoms with Crippen LogP contribution in [0.5, 0.6) is 0 Å². The van der Waals surface area contributed by atoms with Crippen molar-refractivity contribution in [3.8, 4) is 0 Å². The highest BCUT2D eigenvalue weighted by molar-refractivity contribution is 5.80. The summed E-state index contributed by atoms with van der Waals surface area (Å²) in [6.45, 7) is 5.05. The normalized spacial score (nSPS) is 19.7. The highest BCUT2D eigenvalue weighted by Gasteiger charge is 2.32. The third-order valence-corrected chi connectivity index (χ3v) is 5.99. The molecule has 0 spiro atoms. The number of carbonyl (C=O) groups is 1. The first-order chi connectivity index (χ1) is 13.7. The summed E-state index contributed by atoms with van der Waals surface area (Å²) in [5.74, 6) is 1.94. The van der Waals surface area contributed by atoms with Crippen LogP contribution < -0.4 is 4.90 Å². The second-order valence-corrected chi connectivity index (χ2v) is 7.76. The Hall–Kier alpha value is -2.96. The number of nitrogens with zero attached hydrogens (tertiary/aromatic N) is 6. The van der Waals surface area contributed by atoms with Crippen LogP contribution in [0.3, 0.4) is 0 Å². The van der Waals surface area contributed by atoms with Crippen LogP contribution in [0, 0.1) is 12.8 Å². The van der Waals surface area contributed by atoms with Gasteiger partial charge in [-0.15, -0.1) is 10.2 Å². The lowest BCUT2D eigenvalue weighted by atomic mass is 9.94. The molecule has 0 bridgehead atoms. The largest absolute Gasteiger partial charge is 0.353 e. The van der Waals surface area contributed by atoms with Gasteiger partial charge in [-0.2, -0.15) is 0 Å². The summed E-state index contributed by atoms with van der Waals surface area (Å²) in [5.41, 5.74) is 3.41. The van der Waals surface area contributed by atoms with E-state index < -0.39 is 0 Å². The SMILES string of the molecule is Cc1nnc2c(N3CCCC(C(=O)N4CCc5ccccc5C4)C3)nccn12. The molecule has 7 heteroatoms. The van der Waals surface area contributed by atoms with Crippen LogP contribution in [-0.2, 0) is 17.8 Å². The molecule has 0 N–H and O–H groups in total. The van der Waals surface area contributed by atoms with E-state index in [0.29, 0.717) is 6.54 Å². The predicted octanol–water partition coefficient (Wildman–Crippen LogP) is 2.23. The molecule has 2 aliphatic rings. The number of rotatable bonds is 2. The van der Waals surface area contributed by atoms with Crippen LogP contribution in [-0.4, -0.2) is 50.0 Å². The van der Waals surface area contributed by atoms with E-state index in [1.165, 1.54) is 11.1 Å². The van der Waals surface area contributed by atoms with Gasteiger partial charge in [0.05, 0.1) is 5.92 Å². The number of anilines is 1. The Morgan fingerprint density at radius 1 is 1.14 bits per heavy atom. The molecule has 1 aromatic carbocycles. The topological polar surface area (TPSA) is 66.6 Å². The zero-order chi connectivity index (χ0) is 19.1. The molecule has 0 radical (unpaired) electrons. The molecule has 7 nitrogen and oxygen atoms in total. The summed E-state index contributed by atoms with van der Waals surface area (Å²) >= 11 is 0. The molecule has 1 amide bonds. The molecule has 1 atom stereocenters. The highest BCUT2D eigenvalue weighted by atomic mass is 16.2. The van der Waals surface area contributed by atoms with Crippen molar-refractivity contribution in [2.45, 2.75) is 32.7 Å². The van der Waals surface area contributed by atoms with Gasteiger partial charge in [0, 0.05) is 38.6 Å². The van der Waals surface area contributed by atoms with Crippen molar-refractivity contribution < 1.29 is 4.79 Å². The molecule has 5 rings (SSSR count). The summed E-state index contributed by atoms with van der Waals surface area (Å²) in [6.07, 6.45) is 6.52. The smallest absolute Gasteiger partial charge is 0.227 e. The van der Waals surface area contributed by atoms with Crippen molar-refractivity contribution in [1.82, 2.24) is 24.5 Å². The molecule has 28 heavy (non-hydrogen) atoms. The molecule has 144 valence electrons. The Labute approximate surface area is 164 Å². The highest BCUT2D eigenvalue weighted by Crippen LogP contribution is 2.27. The molecule has 1 unspecified atom stereocenters. The fourth-order valence-electron chi connectivity index (χ4n) is 4.46. The minimum atomic E-state index is 0.00471. The Kier molecular flexibility index (Phi) is 4.22. The van der Waals surface area contributed by atoms with Crippen molar-refractivity contribution in [2.24, 2.45) is 5.92 Å². The zero-order valence-electron chi connectivity index (χ0n) is 16.1. The lowest BCUT2D eigenvalue weighted by Crippen LogP contribution is -2.46. The van der Waals surface area contributed by atoms with Crippen molar-refractivity contribution in [1.29, 1.82) is 0 Å². The summed E-state index contributed by atoms with van der Waals surface area (Å²) in [6, 6.07) is 8.45. The number of hydrogen-bond donors (Lipinski definition) is 0. The molecule has 2 aromatic heterocycles. The first-order valence-corrected chi connectivity index (χ1v) is 9.97.